The first kappa shape index (κ1) is 14.1. The molecule has 0 aliphatic carbocycles. The normalized spacial score (nSPS) is 10.1. The number of amides is 1. The fraction of sp³-hybridized carbons (Fsp3) is 0.0769. The Kier molecular flexibility index (Phi) is 4.09. The lowest BCUT2D eigenvalue weighted by Crippen LogP contribution is -2.14. The predicted octanol–water partition coefficient (Wildman–Crippen LogP) is 3.31. The molecule has 0 bridgehead atoms. The SMILES string of the molecule is Cc1ccc([N+](=O)[O-])cc1C(=O)Nc1cccnc1Br. The molecule has 1 amide bonds. The summed E-state index contributed by atoms with van der Waals surface area (Å²) in [5.41, 5.74) is 1.30. The molecule has 0 radical (unpaired) electrons. The molecule has 102 valence electrons. The van der Waals surface area contributed by atoms with Crippen LogP contribution >= 0.6 is 15.9 Å². The van der Waals surface area contributed by atoms with Gasteiger partial charge in [0.2, 0.25) is 0 Å². The standard InChI is InChI=1S/C13H10BrN3O3/c1-8-4-5-9(17(19)20)7-10(8)13(18)16-11-3-2-6-15-12(11)14/h2-7H,1H3,(H,16,18). The number of carbonyl (C=O) groups excluding carboxylic acids is 1. The van der Waals surface area contributed by atoms with E-state index in [1.807, 2.05) is 0 Å². The van der Waals surface area contributed by atoms with Crippen molar-refractivity contribution in [1.82, 2.24) is 4.98 Å². The molecule has 0 aliphatic heterocycles. The van der Waals surface area contributed by atoms with Gasteiger partial charge in [0.1, 0.15) is 4.60 Å². The van der Waals surface area contributed by atoms with Crippen LogP contribution in [0.25, 0.3) is 0 Å². The molecule has 1 heterocycles. The minimum atomic E-state index is -0.532. The molecule has 1 aromatic heterocycles. The number of nitro benzene ring substituents is 1. The Bertz CT molecular complexity index is 688. The van der Waals surface area contributed by atoms with Crippen LogP contribution in [0.2, 0.25) is 0 Å². The number of hydrogen-bond donors (Lipinski definition) is 1. The zero-order valence-corrected chi connectivity index (χ0v) is 12.0. The van der Waals surface area contributed by atoms with Crippen LogP contribution in [0.1, 0.15) is 15.9 Å². The highest BCUT2D eigenvalue weighted by atomic mass is 79.9. The summed E-state index contributed by atoms with van der Waals surface area (Å²) in [5.74, 6) is -0.417. The van der Waals surface area contributed by atoms with Crippen molar-refractivity contribution in [2.24, 2.45) is 0 Å². The molecule has 0 unspecified atom stereocenters. The van der Waals surface area contributed by atoms with Gasteiger partial charge in [-0.25, -0.2) is 4.98 Å². The van der Waals surface area contributed by atoms with E-state index in [0.29, 0.717) is 15.9 Å². The van der Waals surface area contributed by atoms with Crippen molar-refractivity contribution in [1.29, 1.82) is 0 Å². The molecule has 1 aromatic carbocycles. The molecule has 2 rings (SSSR count). The maximum Gasteiger partial charge on any atom is 0.270 e. The Labute approximate surface area is 123 Å². The minimum absolute atomic E-state index is 0.119. The molecule has 0 saturated carbocycles. The van der Waals surface area contributed by atoms with Crippen molar-refractivity contribution < 1.29 is 9.72 Å². The van der Waals surface area contributed by atoms with Gasteiger partial charge in [-0.1, -0.05) is 6.07 Å². The van der Waals surface area contributed by atoms with Crippen LogP contribution in [0, 0.1) is 17.0 Å². The van der Waals surface area contributed by atoms with Crippen molar-refractivity contribution >= 4 is 33.2 Å². The molecule has 2 aromatic rings. The van der Waals surface area contributed by atoms with E-state index >= 15 is 0 Å². The number of nitrogens with one attached hydrogen (secondary N) is 1. The Morgan fingerprint density at radius 3 is 2.80 bits per heavy atom. The highest BCUT2D eigenvalue weighted by Gasteiger charge is 2.15. The third kappa shape index (κ3) is 3.00. The number of aromatic nitrogens is 1. The molecule has 6 nitrogen and oxygen atoms in total. The van der Waals surface area contributed by atoms with Crippen molar-refractivity contribution in [2.45, 2.75) is 6.92 Å². The van der Waals surface area contributed by atoms with Gasteiger partial charge in [-0.15, -0.1) is 0 Å². The number of non-ortho nitro benzene ring substituents is 1. The lowest BCUT2D eigenvalue weighted by molar-refractivity contribution is -0.384. The molecule has 0 aliphatic rings. The van der Waals surface area contributed by atoms with Crippen molar-refractivity contribution in [2.75, 3.05) is 5.32 Å². The van der Waals surface area contributed by atoms with Crippen LogP contribution in [0.5, 0.6) is 0 Å². The van der Waals surface area contributed by atoms with E-state index in [4.69, 9.17) is 0 Å². The predicted molar refractivity (Wildman–Crippen MR) is 77.7 cm³/mol. The average Bonchev–Trinajstić information content (AvgIpc) is 2.41. The molecule has 0 saturated heterocycles. The Morgan fingerprint density at radius 2 is 2.15 bits per heavy atom. The molecular formula is C13H10BrN3O3. The van der Waals surface area contributed by atoms with E-state index in [2.05, 4.69) is 26.2 Å². The average molecular weight is 336 g/mol. The topological polar surface area (TPSA) is 85.1 Å². The third-order valence-corrected chi connectivity index (χ3v) is 3.32. The van der Waals surface area contributed by atoms with Gasteiger partial charge in [0.25, 0.3) is 11.6 Å². The number of anilines is 1. The van der Waals surface area contributed by atoms with Crippen LogP contribution in [0.4, 0.5) is 11.4 Å². The summed E-state index contributed by atoms with van der Waals surface area (Å²) in [7, 11) is 0. The highest BCUT2D eigenvalue weighted by Crippen LogP contribution is 2.22. The molecule has 1 N–H and O–H groups in total. The Balaban J connectivity index is 2.32. The quantitative estimate of drug-likeness (QED) is 0.529. The maximum atomic E-state index is 12.2. The zero-order valence-electron chi connectivity index (χ0n) is 10.5. The molecular weight excluding hydrogens is 326 g/mol. The number of aryl methyl sites for hydroxylation is 1. The van der Waals surface area contributed by atoms with E-state index < -0.39 is 10.8 Å². The first-order valence-corrected chi connectivity index (χ1v) is 6.45. The number of carbonyl (C=O) groups is 1. The Hall–Kier alpha value is -2.28. The Morgan fingerprint density at radius 1 is 1.40 bits per heavy atom. The fourth-order valence-electron chi connectivity index (χ4n) is 1.64. The second kappa shape index (κ2) is 5.79. The van der Waals surface area contributed by atoms with Crippen molar-refractivity contribution in [3.63, 3.8) is 0 Å². The van der Waals surface area contributed by atoms with E-state index in [1.54, 1.807) is 31.3 Å². The monoisotopic (exact) mass is 335 g/mol. The number of benzene rings is 1. The third-order valence-electron chi connectivity index (χ3n) is 2.68. The van der Waals surface area contributed by atoms with Crippen molar-refractivity contribution in [3.05, 3.63) is 62.4 Å². The lowest BCUT2D eigenvalue weighted by Gasteiger charge is -2.08. The summed E-state index contributed by atoms with van der Waals surface area (Å²) in [5, 5.41) is 13.4. The highest BCUT2D eigenvalue weighted by molar-refractivity contribution is 9.10. The van der Waals surface area contributed by atoms with Gasteiger partial charge in [0.15, 0.2) is 0 Å². The van der Waals surface area contributed by atoms with E-state index in [0.717, 1.165) is 0 Å². The summed E-state index contributed by atoms with van der Waals surface area (Å²) in [4.78, 5) is 26.4. The smallest absolute Gasteiger partial charge is 0.270 e. The second-order valence-electron chi connectivity index (χ2n) is 4.05. The number of rotatable bonds is 3. The number of halogens is 1. The fourth-order valence-corrected chi connectivity index (χ4v) is 1.99. The zero-order chi connectivity index (χ0) is 14.7. The van der Waals surface area contributed by atoms with Gasteiger partial charge in [-0.2, -0.15) is 0 Å². The van der Waals surface area contributed by atoms with Gasteiger partial charge in [-0.05, 0) is 40.5 Å². The maximum absolute atomic E-state index is 12.2. The molecule has 20 heavy (non-hydrogen) atoms. The molecule has 0 atom stereocenters. The van der Waals surface area contributed by atoms with Crippen LogP contribution < -0.4 is 5.32 Å². The lowest BCUT2D eigenvalue weighted by atomic mass is 10.1. The summed E-state index contributed by atoms with van der Waals surface area (Å²) >= 11 is 3.22. The number of nitro groups is 1. The van der Waals surface area contributed by atoms with Crippen LogP contribution in [0.15, 0.2) is 41.1 Å². The first-order chi connectivity index (χ1) is 9.49. The largest absolute Gasteiger partial charge is 0.320 e. The molecule has 7 heteroatoms. The number of hydrogen-bond acceptors (Lipinski definition) is 4. The second-order valence-corrected chi connectivity index (χ2v) is 4.80. The number of pyridine rings is 1. The molecule has 0 fully saturated rings. The summed E-state index contributed by atoms with van der Waals surface area (Å²) in [6.45, 7) is 1.72. The molecule has 0 spiro atoms. The van der Waals surface area contributed by atoms with E-state index in [-0.39, 0.29) is 11.3 Å². The van der Waals surface area contributed by atoms with Gasteiger partial charge < -0.3 is 5.32 Å². The first-order valence-electron chi connectivity index (χ1n) is 5.66. The minimum Gasteiger partial charge on any atom is -0.320 e. The van der Waals surface area contributed by atoms with Gasteiger partial charge in [-0.3, -0.25) is 14.9 Å². The van der Waals surface area contributed by atoms with Crippen LogP contribution in [-0.2, 0) is 0 Å². The number of nitrogens with zero attached hydrogens (tertiary/aromatic N) is 2. The van der Waals surface area contributed by atoms with E-state index in [9.17, 15) is 14.9 Å². The van der Waals surface area contributed by atoms with E-state index in [1.165, 1.54) is 12.1 Å². The van der Waals surface area contributed by atoms with Crippen LogP contribution in [0.3, 0.4) is 0 Å². The summed E-state index contributed by atoms with van der Waals surface area (Å²) < 4.78 is 0.497. The van der Waals surface area contributed by atoms with Gasteiger partial charge in [0.05, 0.1) is 10.6 Å². The van der Waals surface area contributed by atoms with Gasteiger partial charge >= 0.3 is 0 Å². The van der Waals surface area contributed by atoms with Crippen molar-refractivity contribution in [3.8, 4) is 0 Å². The summed E-state index contributed by atoms with van der Waals surface area (Å²) in [6.07, 6.45) is 1.58. The van der Waals surface area contributed by atoms with Gasteiger partial charge in [0, 0.05) is 23.9 Å². The van der Waals surface area contributed by atoms with Crippen LogP contribution in [-0.4, -0.2) is 15.8 Å². The summed E-state index contributed by atoms with van der Waals surface area (Å²) in [6, 6.07) is 7.54.